The molecule has 0 aromatic rings. The molecule has 0 spiro atoms. The predicted octanol–water partition coefficient (Wildman–Crippen LogP) is 1.66. The first-order valence-electron chi connectivity index (χ1n) is 7.84. The molecule has 1 aliphatic heterocycles. The Morgan fingerprint density at radius 2 is 2.00 bits per heavy atom. The molecule has 2 fully saturated rings. The van der Waals surface area contributed by atoms with E-state index in [-0.39, 0.29) is 6.04 Å². The summed E-state index contributed by atoms with van der Waals surface area (Å²) < 4.78 is 0. The summed E-state index contributed by atoms with van der Waals surface area (Å²) in [6.07, 6.45) is 7.56. The minimum atomic E-state index is 0.0674. The molecule has 0 aromatic carbocycles. The Labute approximate surface area is 117 Å². The van der Waals surface area contributed by atoms with Gasteiger partial charge < -0.3 is 9.80 Å². The van der Waals surface area contributed by atoms with Crippen LogP contribution in [0.3, 0.4) is 0 Å². The van der Waals surface area contributed by atoms with Crippen molar-refractivity contribution in [2.45, 2.75) is 57.7 Å². The fourth-order valence-corrected chi connectivity index (χ4v) is 3.42. The molecule has 4 heteroatoms. The minimum Gasteiger partial charge on any atom is -0.324 e. The van der Waals surface area contributed by atoms with Crippen molar-refractivity contribution in [3.8, 4) is 0 Å². The Hall–Kier alpha value is -0.610. The lowest BCUT2D eigenvalue weighted by molar-refractivity contribution is -0.130. The first kappa shape index (κ1) is 14.8. The van der Waals surface area contributed by atoms with Crippen LogP contribution in [0.25, 0.3) is 0 Å². The molecule has 0 radical (unpaired) electrons. The van der Waals surface area contributed by atoms with E-state index in [2.05, 4.69) is 36.1 Å². The quantitative estimate of drug-likeness (QED) is 0.795. The van der Waals surface area contributed by atoms with Crippen LogP contribution in [0.5, 0.6) is 0 Å². The minimum absolute atomic E-state index is 0.0674. The van der Waals surface area contributed by atoms with Gasteiger partial charge in [-0.1, -0.05) is 26.2 Å². The summed E-state index contributed by atoms with van der Waals surface area (Å²) in [6.45, 7) is 3.97. The van der Waals surface area contributed by atoms with Crippen LogP contribution in [-0.2, 0) is 4.79 Å². The highest BCUT2D eigenvalue weighted by molar-refractivity contribution is 5.84. The van der Waals surface area contributed by atoms with Crippen molar-refractivity contribution in [1.29, 1.82) is 0 Å². The molecule has 110 valence electrons. The number of likely N-dealkylation sites (N-methyl/N-ethyl adjacent to an activating group) is 1. The zero-order valence-electron chi connectivity index (χ0n) is 12.7. The molecule has 0 aromatic heterocycles. The molecule has 19 heavy (non-hydrogen) atoms. The zero-order valence-corrected chi connectivity index (χ0v) is 12.7. The van der Waals surface area contributed by atoms with Crippen molar-refractivity contribution in [2.24, 2.45) is 5.92 Å². The maximum Gasteiger partial charge on any atom is 0.241 e. The van der Waals surface area contributed by atoms with Crippen molar-refractivity contribution in [3.63, 3.8) is 0 Å². The van der Waals surface area contributed by atoms with Crippen LogP contribution in [-0.4, -0.2) is 55.1 Å². The Balaban J connectivity index is 2.02. The van der Waals surface area contributed by atoms with Crippen LogP contribution in [0.15, 0.2) is 0 Å². The zero-order chi connectivity index (χ0) is 13.8. The summed E-state index contributed by atoms with van der Waals surface area (Å²) in [5, 5.41) is 3.62. The molecule has 1 heterocycles. The van der Waals surface area contributed by atoms with E-state index in [4.69, 9.17) is 0 Å². The Bertz CT molecular complexity index is 300. The number of hydrogen-bond donors (Lipinski definition) is 1. The number of rotatable bonds is 6. The highest BCUT2D eigenvalue weighted by atomic mass is 16.2. The van der Waals surface area contributed by atoms with Crippen LogP contribution in [0.1, 0.15) is 45.4 Å². The van der Waals surface area contributed by atoms with Gasteiger partial charge in [-0.25, -0.2) is 0 Å². The summed E-state index contributed by atoms with van der Waals surface area (Å²) in [4.78, 5) is 16.8. The standard InChI is InChI=1S/C15H29N3O/c1-4-7-13-15(19)18(11-10-17(2)3)14(16-13)12-8-5-6-9-12/h12-14,16H,4-11H2,1-3H3. The third kappa shape index (κ3) is 3.48. The lowest BCUT2D eigenvalue weighted by Crippen LogP contribution is -2.45. The SMILES string of the molecule is CCCC1NC(C2CCCC2)N(CCN(C)C)C1=O. The second-order valence-electron chi connectivity index (χ2n) is 6.33. The molecule has 1 saturated carbocycles. The molecule has 0 bridgehead atoms. The predicted molar refractivity (Wildman–Crippen MR) is 77.8 cm³/mol. The number of carbonyl (C=O) groups is 1. The lowest BCUT2D eigenvalue weighted by atomic mass is 10.0. The van der Waals surface area contributed by atoms with Gasteiger partial charge in [-0.2, -0.15) is 0 Å². The van der Waals surface area contributed by atoms with E-state index in [1.54, 1.807) is 0 Å². The summed E-state index contributed by atoms with van der Waals surface area (Å²) in [5.41, 5.74) is 0. The van der Waals surface area contributed by atoms with E-state index in [9.17, 15) is 4.79 Å². The topological polar surface area (TPSA) is 35.6 Å². The molecule has 1 aliphatic carbocycles. The number of nitrogens with zero attached hydrogens (tertiary/aromatic N) is 2. The van der Waals surface area contributed by atoms with Gasteiger partial charge in [0.2, 0.25) is 5.91 Å². The molecule has 1 amide bonds. The highest BCUT2D eigenvalue weighted by Gasteiger charge is 2.42. The second-order valence-corrected chi connectivity index (χ2v) is 6.33. The van der Waals surface area contributed by atoms with Crippen molar-refractivity contribution in [1.82, 2.24) is 15.1 Å². The van der Waals surface area contributed by atoms with Gasteiger partial charge in [0.1, 0.15) is 0 Å². The molecule has 2 rings (SSSR count). The third-order valence-electron chi connectivity index (χ3n) is 4.50. The van der Waals surface area contributed by atoms with Crippen LogP contribution in [0, 0.1) is 5.92 Å². The largest absolute Gasteiger partial charge is 0.324 e. The van der Waals surface area contributed by atoms with Gasteiger partial charge in [-0.3, -0.25) is 10.1 Å². The van der Waals surface area contributed by atoms with Crippen LogP contribution >= 0.6 is 0 Å². The molecule has 2 aliphatic rings. The molecule has 4 nitrogen and oxygen atoms in total. The van der Waals surface area contributed by atoms with Gasteiger partial charge in [-0.15, -0.1) is 0 Å². The summed E-state index contributed by atoms with van der Waals surface area (Å²) in [7, 11) is 4.14. The Morgan fingerprint density at radius 3 is 2.58 bits per heavy atom. The highest BCUT2D eigenvalue weighted by Crippen LogP contribution is 2.32. The molecular formula is C15H29N3O. The monoisotopic (exact) mass is 267 g/mol. The molecule has 2 unspecified atom stereocenters. The molecule has 2 atom stereocenters. The van der Waals surface area contributed by atoms with E-state index in [0.717, 1.165) is 25.9 Å². The Morgan fingerprint density at radius 1 is 1.32 bits per heavy atom. The summed E-state index contributed by atoms with van der Waals surface area (Å²) >= 11 is 0. The van der Waals surface area contributed by atoms with E-state index < -0.39 is 0 Å². The average molecular weight is 267 g/mol. The first-order chi connectivity index (χ1) is 9.13. The summed E-state index contributed by atoms with van der Waals surface area (Å²) in [6, 6.07) is 0.0674. The molecular weight excluding hydrogens is 238 g/mol. The van der Waals surface area contributed by atoms with E-state index in [1.165, 1.54) is 25.7 Å². The van der Waals surface area contributed by atoms with Gasteiger partial charge in [0, 0.05) is 13.1 Å². The molecule has 1 N–H and O–H groups in total. The third-order valence-corrected chi connectivity index (χ3v) is 4.50. The lowest BCUT2D eigenvalue weighted by Gasteiger charge is -2.29. The van der Waals surface area contributed by atoms with Crippen molar-refractivity contribution in [3.05, 3.63) is 0 Å². The average Bonchev–Trinajstić information content (AvgIpc) is 2.97. The number of amides is 1. The van der Waals surface area contributed by atoms with Crippen molar-refractivity contribution in [2.75, 3.05) is 27.2 Å². The van der Waals surface area contributed by atoms with Gasteiger partial charge in [0.25, 0.3) is 0 Å². The van der Waals surface area contributed by atoms with Gasteiger partial charge >= 0.3 is 0 Å². The normalized spacial score (nSPS) is 28.8. The summed E-state index contributed by atoms with van der Waals surface area (Å²) in [5.74, 6) is 1.01. The smallest absolute Gasteiger partial charge is 0.241 e. The van der Waals surface area contributed by atoms with Crippen molar-refractivity contribution < 1.29 is 4.79 Å². The van der Waals surface area contributed by atoms with E-state index in [0.29, 0.717) is 18.0 Å². The number of carbonyl (C=O) groups excluding carboxylic acids is 1. The van der Waals surface area contributed by atoms with Crippen LogP contribution in [0.4, 0.5) is 0 Å². The van der Waals surface area contributed by atoms with Crippen LogP contribution in [0.2, 0.25) is 0 Å². The first-order valence-corrected chi connectivity index (χ1v) is 7.84. The second kappa shape index (κ2) is 6.71. The van der Waals surface area contributed by atoms with E-state index >= 15 is 0 Å². The van der Waals surface area contributed by atoms with Gasteiger partial charge in [0.15, 0.2) is 0 Å². The fraction of sp³-hybridized carbons (Fsp3) is 0.933. The maximum absolute atomic E-state index is 12.5. The van der Waals surface area contributed by atoms with Gasteiger partial charge in [-0.05, 0) is 39.3 Å². The van der Waals surface area contributed by atoms with Crippen LogP contribution < -0.4 is 5.32 Å². The Kier molecular flexibility index (Phi) is 5.22. The number of hydrogen-bond acceptors (Lipinski definition) is 3. The van der Waals surface area contributed by atoms with Crippen molar-refractivity contribution >= 4 is 5.91 Å². The number of nitrogens with one attached hydrogen (secondary N) is 1. The fourth-order valence-electron chi connectivity index (χ4n) is 3.42. The molecule has 1 saturated heterocycles. The van der Waals surface area contributed by atoms with Gasteiger partial charge in [0.05, 0.1) is 12.2 Å². The maximum atomic E-state index is 12.5. The van der Waals surface area contributed by atoms with E-state index in [1.807, 2.05) is 0 Å².